The summed E-state index contributed by atoms with van der Waals surface area (Å²) in [6, 6.07) is 2.40. The molecule has 2 aliphatic carbocycles. The van der Waals surface area contributed by atoms with Gasteiger partial charge in [-0.1, -0.05) is 90.4 Å². The van der Waals surface area contributed by atoms with Crippen LogP contribution in [0.4, 0.5) is 13.2 Å². The summed E-state index contributed by atoms with van der Waals surface area (Å²) in [6.07, 6.45) is 22.5. The SMILES string of the molecule is CCCCCCCCC1CCC(CCC2CCC(c3cc(F)c(F)c(F)c3)CC2)CC1. The summed E-state index contributed by atoms with van der Waals surface area (Å²) in [7, 11) is 0. The van der Waals surface area contributed by atoms with Crippen molar-refractivity contribution in [1.82, 2.24) is 0 Å². The van der Waals surface area contributed by atoms with Crippen molar-refractivity contribution in [3.05, 3.63) is 35.1 Å². The molecule has 2 fully saturated rings. The van der Waals surface area contributed by atoms with Crippen LogP contribution in [0.5, 0.6) is 0 Å². The first kappa shape index (κ1) is 24.6. The molecule has 0 nitrogen and oxygen atoms in total. The quantitative estimate of drug-likeness (QED) is 0.239. The Morgan fingerprint density at radius 3 is 1.61 bits per heavy atom. The third-order valence-electron chi connectivity index (χ3n) is 8.24. The first-order valence-electron chi connectivity index (χ1n) is 13.2. The van der Waals surface area contributed by atoms with E-state index in [4.69, 9.17) is 0 Å². The molecule has 0 saturated heterocycles. The molecule has 0 spiro atoms. The molecule has 0 aliphatic heterocycles. The fourth-order valence-corrected chi connectivity index (χ4v) is 6.09. The molecule has 1 aromatic carbocycles. The maximum absolute atomic E-state index is 13.5. The highest BCUT2D eigenvalue weighted by atomic mass is 19.2. The summed E-state index contributed by atoms with van der Waals surface area (Å²) >= 11 is 0. The van der Waals surface area contributed by atoms with Crippen LogP contribution in [0.1, 0.15) is 128 Å². The number of hydrogen-bond donors (Lipinski definition) is 0. The molecule has 0 radical (unpaired) electrons. The lowest BCUT2D eigenvalue weighted by atomic mass is 9.74. The maximum atomic E-state index is 13.5. The van der Waals surface area contributed by atoms with Crippen molar-refractivity contribution in [3.63, 3.8) is 0 Å². The van der Waals surface area contributed by atoms with E-state index in [1.54, 1.807) is 0 Å². The van der Waals surface area contributed by atoms with Gasteiger partial charge in [0, 0.05) is 0 Å². The third kappa shape index (κ3) is 7.82. The number of halogens is 3. The Morgan fingerprint density at radius 1 is 0.613 bits per heavy atom. The minimum absolute atomic E-state index is 0.179. The van der Waals surface area contributed by atoms with Gasteiger partial charge in [-0.15, -0.1) is 0 Å². The number of benzene rings is 1. The van der Waals surface area contributed by atoms with E-state index in [-0.39, 0.29) is 5.92 Å². The fourth-order valence-electron chi connectivity index (χ4n) is 6.09. The Bertz CT molecular complexity index is 617. The molecule has 3 heteroatoms. The molecule has 1 aromatic rings. The van der Waals surface area contributed by atoms with Crippen LogP contribution in [-0.2, 0) is 0 Å². The molecule has 2 aliphatic rings. The summed E-state index contributed by atoms with van der Waals surface area (Å²) in [5.74, 6) is -0.619. The highest BCUT2D eigenvalue weighted by molar-refractivity contribution is 5.23. The summed E-state index contributed by atoms with van der Waals surface area (Å²) in [5, 5.41) is 0. The molecule has 0 bridgehead atoms. The van der Waals surface area contributed by atoms with Gasteiger partial charge < -0.3 is 0 Å². The second-order valence-electron chi connectivity index (χ2n) is 10.5. The Morgan fingerprint density at radius 2 is 1.06 bits per heavy atom. The average molecular weight is 437 g/mol. The molecule has 0 aromatic heterocycles. The second-order valence-corrected chi connectivity index (χ2v) is 10.5. The Balaban J connectivity index is 1.28. The molecule has 0 heterocycles. The first-order valence-corrected chi connectivity index (χ1v) is 13.2. The third-order valence-corrected chi connectivity index (χ3v) is 8.24. The van der Waals surface area contributed by atoms with Crippen LogP contribution in [0.3, 0.4) is 0 Å². The lowest BCUT2D eigenvalue weighted by molar-refractivity contribution is 0.222. The second kappa shape index (κ2) is 12.9. The van der Waals surface area contributed by atoms with Gasteiger partial charge in [-0.05, 0) is 67.1 Å². The minimum atomic E-state index is -1.35. The van der Waals surface area contributed by atoms with Crippen LogP contribution >= 0.6 is 0 Å². The van der Waals surface area contributed by atoms with E-state index in [0.717, 1.165) is 43.4 Å². The van der Waals surface area contributed by atoms with Crippen molar-refractivity contribution in [1.29, 1.82) is 0 Å². The highest BCUT2D eigenvalue weighted by Gasteiger charge is 2.26. The normalized spacial score (nSPS) is 26.8. The van der Waals surface area contributed by atoms with Crippen molar-refractivity contribution in [2.45, 2.75) is 122 Å². The van der Waals surface area contributed by atoms with E-state index in [1.807, 2.05) is 0 Å². The lowest BCUT2D eigenvalue weighted by Gasteiger charge is -2.32. The van der Waals surface area contributed by atoms with Gasteiger partial charge in [-0.3, -0.25) is 0 Å². The zero-order chi connectivity index (χ0) is 22.1. The van der Waals surface area contributed by atoms with E-state index in [1.165, 1.54) is 95.6 Å². The van der Waals surface area contributed by atoms with Gasteiger partial charge >= 0.3 is 0 Å². The zero-order valence-electron chi connectivity index (χ0n) is 19.6. The van der Waals surface area contributed by atoms with E-state index in [9.17, 15) is 13.2 Å². The van der Waals surface area contributed by atoms with Gasteiger partial charge in [-0.25, -0.2) is 13.2 Å². The molecule has 31 heavy (non-hydrogen) atoms. The predicted octanol–water partition coefficient (Wildman–Crippen LogP) is 9.71. The van der Waals surface area contributed by atoms with Gasteiger partial charge in [0.2, 0.25) is 0 Å². The lowest BCUT2D eigenvalue weighted by Crippen LogP contribution is -2.18. The molecule has 2 saturated carbocycles. The Hall–Kier alpha value is -0.990. The average Bonchev–Trinajstić information content (AvgIpc) is 2.79. The molecule has 3 rings (SSSR count). The smallest absolute Gasteiger partial charge is 0.194 e. The molecule has 0 N–H and O–H groups in total. The van der Waals surface area contributed by atoms with Crippen LogP contribution in [0.15, 0.2) is 12.1 Å². The predicted molar refractivity (Wildman–Crippen MR) is 124 cm³/mol. The first-order chi connectivity index (χ1) is 15.1. The molecule has 0 unspecified atom stereocenters. The van der Waals surface area contributed by atoms with Crippen molar-refractivity contribution in [2.75, 3.05) is 0 Å². The van der Waals surface area contributed by atoms with Crippen molar-refractivity contribution in [3.8, 4) is 0 Å². The summed E-state index contributed by atoms with van der Waals surface area (Å²) < 4.78 is 40.3. The van der Waals surface area contributed by atoms with Gasteiger partial charge in [0.05, 0.1) is 0 Å². The highest BCUT2D eigenvalue weighted by Crippen LogP contribution is 2.40. The van der Waals surface area contributed by atoms with Crippen molar-refractivity contribution < 1.29 is 13.2 Å². The van der Waals surface area contributed by atoms with E-state index >= 15 is 0 Å². The molecule has 0 atom stereocenters. The van der Waals surface area contributed by atoms with Crippen LogP contribution in [0.25, 0.3) is 0 Å². The molecular formula is C28H43F3. The topological polar surface area (TPSA) is 0 Å². The standard InChI is InChI=1S/C28H43F3/c1-2-3-4-5-6-7-8-21-9-11-22(12-10-21)13-14-23-15-17-24(18-16-23)25-19-26(29)28(31)27(30)20-25/h19-24H,2-18H2,1H3. The largest absolute Gasteiger partial charge is 0.204 e. The van der Waals surface area contributed by atoms with Crippen LogP contribution < -0.4 is 0 Å². The van der Waals surface area contributed by atoms with Gasteiger partial charge in [-0.2, -0.15) is 0 Å². The van der Waals surface area contributed by atoms with Gasteiger partial charge in [0.1, 0.15) is 0 Å². The van der Waals surface area contributed by atoms with Crippen LogP contribution in [0, 0.1) is 35.2 Å². The summed E-state index contributed by atoms with van der Waals surface area (Å²) in [4.78, 5) is 0. The number of hydrogen-bond acceptors (Lipinski definition) is 0. The van der Waals surface area contributed by atoms with Gasteiger partial charge in [0.15, 0.2) is 17.5 Å². The monoisotopic (exact) mass is 436 g/mol. The number of rotatable bonds is 11. The van der Waals surface area contributed by atoms with E-state index in [2.05, 4.69) is 6.92 Å². The zero-order valence-corrected chi connectivity index (χ0v) is 19.6. The summed E-state index contributed by atoms with van der Waals surface area (Å²) in [6.45, 7) is 2.28. The number of unbranched alkanes of at least 4 members (excludes halogenated alkanes) is 5. The Labute approximate surface area is 188 Å². The van der Waals surface area contributed by atoms with Gasteiger partial charge in [0.25, 0.3) is 0 Å². The van der Waals surface area contributed by atoms with E-state index < -0.39 is 17.5 Å². The minimum Gasteiger partial charge on any atom is -0.204 e. The van der Waals surface area contributed by atoms with Crippen LogP contribution in [-0.4, -0.2) is 0 Å². The Kier molecular flexibility index (Phi) is 10.3. The molecular weight excluding hydrogens is 393 g/mol. The summed E-state index contributed by atoms with van der Waals surface area (Å²) in [5.41, 5.74) is 0.638. The molecule has 176 valence electrons. The van der Waals surface area contributed by atoms with E-state index in [0.29, 0.717) is 5.56 Å². The fraction of sp³-hybridized carbons (Fsp3) is 0.786. The van der Waals surface area contributed by atoms with Crippen LogP contribution in [0.2, 0.25) is 0 Å². The van der Waals surface area contributed by atoms with Crippen molar-refractivity contribution >= 4 is 0 Å². The van der Waals surface area contributed by atoms with Crippen molar-refractivity contribution in [2.24, 2.45) is 17.8 Å². The maximum Gasteiger partial charge on any atom is 0.194 e. The molecule has 0 amide bonds.